The summed E-state index contributed by atoms with van der Waals surface area (Å²) in [5.41, 5.74) is -0.973. The first-order valence-corrected chi connectivity index (χ1v) is 12.0. The number of fused-ring (bicyclic) bond motifs is 1. The molecule has 0 aliphatic heterocycles. The highest BCUT2D eigenvalue weighted by Gasteiger charge is 2.63. The second kappa shape index (κ2) is 7.46. The fourth-order valence-electron chi connectivity index (χ4n) is 4.77. The zero-order chi connectivity index (χ0) is 20.9. The standard InChI is InChI=1S/C20H28Cl2N2O3S/c1-5-12-10-20(6-2)11-13(20)16(12)23-18(25)19(3,4)24-28(26,27)17-14(21)8-7-9-15(17)22/h7-9,12-13,16,24H,5-6,10-11H2,1-4H3,(H,23,25). The fourth-order valence-corrected chi connectivity index (χ4v) is 7.29. The quantitative estimate of drug-likeness (QED) is 0.652. The number of nitrogens with one attached hydrogen (secondary N) is 2. The summed E-state index contributed by atoms with van der Waals surface area (Å²) in [7, 11) is -4.07. The van der Waals surface area contributed by atoms with E-state index >= 15 is 0 Å². The molecule has 0 radical (unpaired) electrons. The molecule has 2 aliphatic carbocycles. The lowest BCUT2D eigenvalue weighted by atomic mass is 9.91. The van der Waals surface area contributed by atoms with Crippen LogP contribution in [0.15, 0.2) is 23.1 Å². The second-order valence-corrected chi connectivity index (χ2v) is 11.1. The third-order valence-electron chi connectivity index (χ3n) is 6.53. The Morgan fingerprint density at radius 3 is 2.36 bits per heavy atom. The van der Waals surface area contributed by atoms with Gasteiger partial charge in [-0.15, -0.1) is 0 Å². The molecule has 0 heterocycles. The van der Waals surface area contributed by atoms with Crippen molar-refractivity contribution in [3.05, 3.63) is 28.2 Å². The number of halogens is 2. The van der Waals surface area contributed by atoms with Gasteiger partial charge in [-0.1, -0.05) is 56.0 Å². The van der Waals surface area contributed by atoms with Crippen LogP contribution in [0.25, 0.3) is 0 Å². The molecule has 1 aromatic carbocycles. The van der Waals surface area contributed by atoms with Gasteiger partial charge in [-0.05, 0) is 56.1 Å². The average Bonchev–Trinajstić information content (AvgIpc) is 3.23. The molecule has 1 aromatic rings. The molecule has 0 saturated heterocycles. The van der Waals surface area contributed by atoms with E-state index in [1.807, 2.05) is 0 Å². The number of hydrogen-bond donors (Lipinski definition) is 2. The van der Waals surface area contributed by atoms with Crippen LogP contribution < -0.4 is 10.0 Å². The molecule has 2 fully saturated rings. The Bertz CT molecular complexity index is 865. The van der Waals surface area contributed by atoms with Crippen molar-refractivity contribution in [2.24, 2.45) is 17.3 Å². The highest BCUT2D eigenvalue weighted by Crippen LogP contribution is 2.67. The van der Waals surface area contributed by atoms with E-state index in [0.29, 0.717) is 17.3 Å². The van der Waals surface area contributed by atoms with Gasteiger partial charge in [0.2, 0.25) is 15.9 Å². The fraction of sp³-hybridized carbons (Fsp3) is 0.650. The molecule has 4 atom stereocenters. The first kappa shape index (κ1) is 21.9. The zero-order valence-corrected chi connectivity index (χ0v) is 19.0. The molecule has 2 saturated carbocycles. The minimum absolute atomic E-state index is 0.0174. The number of amides is 1. The minimum atomic E-state index is -4.07. The van der Waals surface area contributed by atoms with Gasteiger partial charge < -0.3 is 5.32 Å². The molecule has 2 aliphatic rings. The Hall–Kier alpha value is -0.820. The van der Waals surface area contributed by atoms with Gasteiger partial charge in [0, 0.05) is 6.04 Å². The molecule has 0 spiro atoms. The molecular weight excluding hydrogens is 419 g/mol. The number of carbonyl (C=O) groups is 1. The van der Waals surface area contributed by atoms with E-state index in [1.165, 1.54) is 12.1 Å². The normalized spacial score (nSPS) is 29.4. The predicted octanol–water partition coefficient (Wildman–Crippen LogP) is 4.38. The Morgan fingerprint density at radius 1 is 1.21 bits per heavy atom. The predicted molar refractivity (Wildman–Crippen MR) is 112 cm³/mol. The van der Waals surface area contributed by atoms with Gasteiger partial charge in [0.1, 0.15) is 10.4 Å². The maximum Gasteiger partial charge on any atom is 0.244 e. The van der Waals surface area contributed by atoms with Crippen LogP contribution >= 0.6 is 23.2 Å². The summed E-state index contributed by atoms with van der Waals surface area (Å²) in [6.07, 6.45) is 4.41. The second-order valence-electron chi connectivity index (χ2n) is 8.68. The maximum absolute atomic E-state index is 13.0. The van der Waals surface area contributed by atoms with Crippen LogP contribution in [0.2, 0.25) is 10.0 Å². The monoisotopic (exact) mass is 446 g/mol. The van der Waals surface area contributed by atoms with Crippen molar-refractivity contribution in [3.63, 3.8) is 0 Å². The van der Waals surface area contributed by atoms with Gasteiger partial charge in [-0.3, -0.25) is 4.79 Å². The Balaban J connectivity index is 1.76. The molecule has 0 bridgehead atoms. The molecule has 3 rings (SSSR count). The van der Waals surface area contributed by atoms with E-state index < -0.39 is 15.6 Å². The molecule has 8 heteroatoms. The molecule has 5 nitrogen and oxygen atoms in total. The molecule has 1 amide bonds. The summed E-state index contributed by atoms with van der Waals surface area (Å²) < 4.78 is 28.2. The van der Waals surface area contributed by atoms with Gasteiger partial charge in [0.15, 0.2) is 0 Å². The van der Waals surface area contributed by atoms with Crippen LogP contribution in [0.4, 0.5) is 0 Å². The van der Waals surface area contributed by atoms with Gasteiger partial charge in [-0.2, -0.15) is 4.72 Å². The smallest absolute Gasteiger partial charge is 0.244 e. The average molecular weight is 447 g/mol. The number of hydrogen-bond acceptors (Lipinski definition) is 3. The highest BCUT2D eigenvalue weighted by molar-refractivity contribution is 7.89. The lowest BCUT2D eigenvalue weighted by Crippen LogP contribution is -2.57. The summed E-state index contributed by atoms with van der Waals surface area (Å²) in [6, 6.07) is 4.58. The summed E-state index contributed by atoms with van der Waals surface area (Å²) in [5.74, 6) is 0.603. The SMILES string of the molecule is CCC1CC2(CC)CC2C1NC(=O)C(C)(C)NS(=O)(=O)c1c(Cl)cccc1Cl. The number of rotatable bonds is 7. The third-order valence-corrected chi connectivity index (χ3v) is 9.14. The zero-order valence-electron chi connectivity index (χ0n) is 16.7. The molecular formula is C20H28Cl2N2O3S. The lowest BCUT2D eigenvalue weighted by Gasteiger charge is -2.30. The molecule has 4 unspecified atom stereocenters. The van der Waals surface area contributed by atoms with Gasteiger partial charge in [0.05, 0.1) is 10.0 Å². The summed E-state index contributed by atoms with van der Waals surface area (Å²) >= 11 is 12.1. The van der Waals surface area contributed by atoms with E-state index in [2.05, 4.69) is 23.9 Å². The van der Waals surface area contributed by atoms with Crippen molar-refractivity contribution in [1.82, 2.24) is 10.0 Å². The molecule has 156 valence electrons. The first-order valence-electron chi connectivity index (χ1n) is 9.76. The molecule has 2 N–H and O–H groups in total. The van der Waals surface area contributed by atoms with Crippen LogP contribution in [-0.2, 0) is 14.8 Å². The van der Waals surface area contributed by atoms with Gasteiger partial charge in [0.25, 0.3) is 0 Å². The van der Waals surface area contributed by atoms with Crippen molar-refractivity contribution in [2.75, 3.05) is 0 Å². The number of sulfonamides is 1. The van der Waals surface area contributed by atoms with Crippen molar-refractivity contribution >= 4 is 39.1 Å². The van der Waals surface area contributed by atoms with E-state index in [9.17, 15) is 13.2 Å². The van der Waals surface area contributed by atoms with Crippen LogP contribution in [-0.4, -0.2) is 25.9 Å². The van der Waals surface area contributed by atoms with Crippen molar-refractivity contribution < 1.29 is 13.2 Å². The van der Waals surface area contributed by atoms with Crippen LogP contribution in [0.1, 0.15) is 53.4 Å². The van der Waals surface area contributed by atoms with Gasteiger partial charge in [-0.25, -0.2) is 8.42 Å². The van der Waals surface area contributed by atoms with E-state index in [1.54, 1.807) is 19.9 Å². The highest BCUT2D eigenvalue weighted by atomic mass is 35.5. The van der Waals surface area contributed by atoms with Crippen molar-refractivity contribution in [3.8, 4) is 0 Å². The maximum atomic E-state index is 13.0. The van der Waals surface area contributed by atoms with E-state index in [0.717, 1.165) is 25.7 Å². The van der Waals surface area contributed by atoms with Crippen molar-refractivity contribution in [2.45, 2.75) is 69.9 Å². The topological polar surface area (TPSA) is 75.3 Å². The number of carbonyl (C=O) groups excluding carboxylic acids is 1. The molecule has 0 aromatic heterocycles. The van der Waals surface area contributed by atoms with Crippen molar-refractivity contribution in [1.29, 1.82) is 0 Å². The molecule has 28 heavy (non-hydrogen) atoms. The first-order chi connectivity index (χ1) is 13.0. The van der Waals surface area contributed by atoms with Gasteiger partial charge >= 0.3 is 0 Å². The number of benzene rings is 1. The van der Waals surface area contributed by atoms with E-state index in [-0.39, 0.29) is 26.9 Å². The third kappa shape index (κ3) is 3.81. The summed E-state index contributed by atoms with van der Waals surface area (Å²) in [5, 5.41) is 3.18. The van der Waals surface area contributed by atoms with E-state index in [4.69, 9.17) is 23.2 Å². The minimum Gasteiger partial charge on any atom is -0.351 e. The Kier molecular flexibility index (Phi) is 5.83. The largest absolute Gasteiger partial charge is 0.351 e. The summed E-state index contributed by atoms with van der Waals surface area (Å²) in [4.78, 5) is 12.8. The Morgan fingerprint density at radius 2 is 1.82 bits per heavy atom. The Labute approximate surface area is 177 Å². The van der Waals surface area contributed by atoms with Crippen LogP contribution in [0, 0.1) is 17.3 Å². The van der Waals surface area contributed by atoms with Crippen LogP contribution in [0.5, 0.6) is 0 Å². The lowest BCUT2D eigenvalue weighted by molar-refractivity contribution is -0.127. The summed E-state index contributed by atoms with van der Waals surface area (Å²) in [6.45, 7) is 7.47. The van der Waals surface area contributed by atoms with Crippen LogP contribution in [0.3, 0.4) is 0 Å².